The highest BCUT2D eigenvalue weighted by atomic mass is 35.5. The number of aliphatic imine (C=N–C) groups is 1. The Morgan fingerprint density at radius 1 is 1.21 bits per heavy atom. The lowest BCUT2D eigenvalue weighted by Crippen LogP contribution is -2.37. The lowest BCUT2D eigenvalue weighted by atomic mass is 9.77. The van der Waals surface area contributed by atoms with Crippen molar-refractivity contribution in [2.45, 2.75) is 37.6 Å². The van der Waals surface area contributed by atoms with Gasteiger partial charge >= 0.3 is 11.9 Å². The average Bonchev–Trinajstić information content (AvgIpc) is 3.61. The predicted octanol–water partition coefficient (Wildman–Crippen LogP) is 5.00. The van der Waals surface area contributed by atoms with E-state index in [0.29, 0.717) is 42.2 Å². The van der Waals surface area contributed by atoms with Crippen LogP contribution in [0.15, 0.2) is 46.0 Å². The molecule has 0 spiro atoms. The quantitative estimate of drug-likeness (QED) is 0.314. The molecule has 0 amide bonds. The molecule has 1 aromatic carbocycles. The predicted molar refractivity (Wildman–Crippen MR) is 140 cm³/mol. The van der Waals surface area contributed by atoms with Gasteiger partial charge in [-0.25, -0.2) is 23.4 Å². The first-order valence-electron chi connectivity index (χ1n) is 12.2. The second-order valence-corrected chi connectivity index (χ2v) is 10.6. The summed E-state index contributed by atoms with van der Waals surface area (Å²) in [5.74, 6) is -3.87. The minimum absolute atomic E-state index is 0.0555. The Morgan fingerprint density at radius 3 is 2.56 bits per heavy atom. The van der Waals surface area contributed by atoms with Crippen LogP contribution >= 0.6 is 22.9 Å². The number of aliphatic carboxylic acids is 1. The number of benzene rings is 1. The number of aromatic nitrogens is 3. The number of thiazole rings is 1. The summed E-state index contributed by atoms with van der Waals surface area (Å²) in [5, 5.41) is 19.5. The molecular weight excluding hydrogens is 552 g/mol. The molecule has 0 bridgehead atoms. The molecule has 5 rings (SSSR count). The van der Waals surface area contributed by atoms with Crippen LogP contribution in [0, 0.1) is 17.6 Å². The van der Waals surface area contributed by atoms with E-state index in [-0.39, 0.29) is 28.7 Å². The maximum atomic E-state index is 14.4. The van der Waals surface area contributed by atoms with E-state index in [1.807, 2.05) is 0 Å². The minimum Gasteiger partial charge on any atom is -0.478 e. The molecule has 9 nitrogen and oxygen atoms in total. The van der Waals surface area contributed by atoms with E-state index in [1.165, 1.54) is 24.5 Å². The number of halogens is 3. The fraction of sp³-hybridized carbons (Fsp3) is 0.346. The molecule has 2 aromatic heterocycles. The Hall–Kier alpha value is -3.64. The molecule has 39 heavy (non-hydrogen) atoms. The number of nitrogens with one attached hydrogen (secondary N) is 1. The molecular formula is C26H24ClF2N5O4S. The maximum absolute atomic E-state index is 14.4. The zero-order valence-corrected chi connectivity index (χ0v) is 22.5. The molecule has 1 atom stereocenters. The minimum atomic E-state index is -1.26. The number of hydrogen-bond acceptors (Lipinski definition) is 8. The first-order chi connectivity index (χ1) is 18.7. The topological polar surface area (TPSA) is 119 Å². The third-order valence-electron chi connectivity index (χ3n) is 7.16. The van der Waals surface area contributed by atoms with E-state index in [4.69, 9.17) is 16.3 Å². The molecule has 2 aliphatic rings. The fourth-order valence-electron chi connectivity index (χ4n) is 5.29. The normalized spacial score (nSPS) is 21.4. The van der Waals surface area contributed by atoms with Crippen molar-refractivity contribution in [2.24, 2.45) is 18.0 Å². The number of methoxy groups -OCH3 is 1. The van der Waals surface area contributed by atoms with E-state index in [9.17, 15) is 23.5 Å². The number of esters is 1. The zero-order chi connectivity index (χ0) is 27.8. The van der Waals surface area contributed by atoms with Crippen LogP contribution in [0.4, 0.5) is 8.78 Å². The second kappa shape index (κ2) is 10.9. The Bertz CT molecular complexity index is 1500. The van der Waals surface area contributed by atoms with E-state index in [2.05, 4.69) is 20.4 Å². The van der Waals surface area contributed by atoms with E-state index in [1.54, 1.807) is 29.4 Å². The standard InChI is InChI=1S/C26H24ClF2N5O4S/c1-34-17(11-16(33-34)26(37)38-2)12-3-5-13(6-4-12)21-18(25(35)36)22(14-7-8-15(28)20(29)19(14)27)32-23(31-21)24-30-9-10-39-24/h7-13,22H,3-6H2,1-2H3,(H,31,32)(H,35,36). The van der Waals surface area contributed by atoms with Crippen molar-refractivity contribution in [3.05, 3.63) is 79.7 Å². The highest BCUT2D eigenvalue weighted by Gasteiger charge is 2.38. The van der Waals surface area contributed by atoms with Gasteiger partial charge in [0.2, 0.25) is 0 Å². The first kappa shape index (κ1) is 26.9. The molecule has 2 N–H and O–H groups in total. The van der Waals surface area contributed by atoms with Crippen LogP contribution in [0.5, 0.6) is 0 Å². The Labute approximate surface area is 231 Å². The van der Waals surface area contributed by atoms with Gasteiger partial charge in [0.05, 0.1) is 17.7 Å². The second-order valence-electron chi connectivity index (χ2n) is 9.36. The van der Waals surface area contributed by atoms with Crippen molar-refractivity contribution < 1.29 is 28.2 Å². The van der Waals surface area contributed by atoms with Gasteiger partial charge in [-0.15, -0.1) is 11.3 Å². The molecule has 0 radical (unpaired) electrons. The summed E-state index contributed by atoms with van der Waals surface area (Å²) in [6.07, 6.45) is 4.28. The molecule has 1 unspecified atom stereocenters. The molecule has 1 fully saturated rings. The van der Waals surface area contributed by atoms with Crippen LogP contribution in [0.1, 0.15) is 64.4 Å². The van der Waals surface area contributed by atoms with E-state index in [0.717, 1.165) is 11.8 Å². The van der Waals surface area contributed by atoms with Gasteiger partial charge in [-0.1, -0.05) is 17.7 Å². The van der Waals surface area contributed by atoms with Gasteiger partial charge in [0.15, 0.2) is 28.2 Å². The van der Waals surface area contributed by atoms with Crippen molar-refractivity contribution in [2.75, 3.05) is 7.11 Å². The molecule has 1 aliphatic heterocycles. The Balaban J connectivity index is 1.50. The summed E-state index contributed by atoms with van der Waals surface area (Å²) in [7, 11) is 3.07. The average molecular weight is 576 g/mol. The lowest BCUT2D eigenvalue weighted by Gasteiger charge is -2.35. The van der Waals surface area contributed by atoms with Gasteiger partial charge in [-0.2, -0.15) is 5.10 Å². The molecule has 1 saturated carbocycles. The lowest BCUT2D eigenvalue weighted by molar-refractivity contribution is -0.133. The number of rotatable bonds is 6. The van der Waals surface area contributed by atoms with Crippen molar-refractivity contribution >= 4 is 40.7 Å². The van der Waals surface area contributed by atoms with Crippen LogP contribution < -0.4 is 5.32 Å². The summed E-state index contributed by atoms with van der Waals surface area (Å²) in [6, 6.07) is 2.74. The van der Waals surface area contributed by atoms with Gasteiger partial charge < -0.3 is 15.2 Å². The molecule has 204 valence electrons. The number of nitrogens with zero attached hydrogens (tertiary/aromatic N) is 4. The summed E-state index contributed by atoms with van der Waals surface area (Å²) in [5.41, 5.74) is 1.57. The van der Waals surface area contributed by atoms with Crippen molar-refractivity contribution in [3.8, 4) is 0 Å². The first-order valence-corrected chi connectivity index (χ1v) is 13.4. The maximum Gasteiger partial charge on any atom is 0.358 e. The van der Waals surface area contributed by atoms with Crippen LogP contribution in [0.25, 0.3) is 0 Å². The SMILES string of the molecule is COC(=O)c1cc(C2CCC(C3=C(C(=O)O)C(c4ccc(F)c(F)c4Cl)N=C(c4nccs4)N3)CC2)n(C)n1. The van der Waals surface area contributed by atoms with Crippen molar-refractivity contribution in [1.29, 1.82) is 0 Å². The highest BCUT2D eigenvalue weighted by molar-refractivity contribution is 7.11. The third-order valence-corrected chi connectivity index (χ3v) is 8.33. The van der Waals surface area contributed by atoms with Crippen LogP contribution in [-0.2, 0) is 16.6 Å². The summed E-state index contributed by atoms with van der Waals surface area (Å²) >= 11 is 7.48. The third kappa shape index (κ3) is 5.06. The monoisotopic (exact) mass is 575 g/mol. The molecule has 0 saturated heterocycles. The van der Waals surface area contributed by atoms with Gasteiger partial charge in [0, 0.05) is 41.5 Å². The van der Waals surface area contributed by atoms with E-state index < -0.39 is 34.6 Å². The van der Waals surface area contributed by atoms with Crippen LogP contribution in [0.2, 0.25) is 5.02 Å². The van der Waals surface area contributed by atoms with Gasteiger partial charge in [0.25, 0.3) is 0 Å². The number of aryl methyl sites for hydroxylation is 1. The number of allylic oxidation sites excluding steroid dienone is 1. The van der Waals surface area contributed by atoms with Crippen LogP contribution in [-0.4, -0.2) is 44.8 Å². The number of hydrogen-bond donors (Lipinski definition) is 2. The summed E-state index contributed by atoms with van der Waals surface area (Å²) < 4.78 is 34.7. The summed E-state index contributed by atoms with van der Waals surface area (Å²) in [6.45, 7) is 0. The largest absolute Gasteiger partial charge is 0.478 e. The number of carboxylic acids is 1. The molecule has 13 heteroatoms. The van der Waals surface area contributed by atoms with Crippen LogP contribution in [0.3, 0.4) is 0 Å². The Morgan fingerprint density at radius 2 is 1.92 bits per heavy atom. The number of ether oxygens (including phenoxy) is 1. The highest BCUT2D eigenvalue weighted by Crippen LogP contribution is 2.44. The smallest absolute Gasteiger partial charge is 0.358 e. The molecule has 3 heterocycles. The van der Waals surface area contributed by atoms with Gasteiger partial charge in [-0.3, -0.25) is 9.67 Å². The number of carboxylic acid groups (broad SMARTS) is 1. The number of amidine groups is 1. The number of carbonyl (C=O) groups is 2. The van der Waals surface area contributed by atoms with Gasteiger partial charge in [-0.05, 0) is 43.7 Å². The van der Waals surface area contributed by atoms with Gasteiger partial charge in [0.1, 0.15) is 6.04 Å². The molecule has 3 aromatic rings. The zero-order valence-electron chi connectivity index (χ0n) is 21.0. The molecule has 1 aliphatic carbocycles. The van der Waals surface area contributed by atoms with Crippen molar-refractivity contribution in [1.82, 2.24) is 20.1 Å². The fourth-order valence-corrected chi connectivity index (χ4v) is 6.14. The summed E-state index contributed by atoms with van der Waals surface area (Å²) in [4.78, 5) is 33.4. The Kier molecular flexibility index (Phi) is 7.50. The van der Waals surface area contributed by atoms with E-state index >= 15 is 0 Å². The number of carbonyl (C=O) groups excluding carboxylic acids is 1. The van der Waals surface area contributed by atoms with Crippen molar-refractivity contribution in [3.63, 3.8) is 0 Å².